The van der Waals surface area contributed by atoms with Crippen molar-refractivity contribution in [3.05, 3.63) is 30.1 Å². The lowest BCUT2D eigenvalue weighted by Gasteiger charge is -2.36. The SMILES string of the molecule is CCC(C#N)S(=O)(=O)N1CCN(c2ccc(F)cc2)CC1. The molecule has 7 heteroatoms. The summed E-state index contributed by atoms with van der Waals surface area (Å²) < 4.78 is 38.8. The largest absolute Gasteiger partial charge is 0.369 e. The van der Waals surface area contributed by atoms with Gasteiger partial charge in [-0.3, -0.25) is 0 Å². The van der Waals surface area contributed by atoms with E-state index in [1.807, 2.05) is 11.0 Å². The lowest BCUT2D eigenvalue weighted by Crippen LogP contribution is -2.51. The molecule has 21 heavy (non-hydrogen) atoms. The van der Waals surface area contributed by atoms with Crippen LogP contribution in [-0.4, -0.2) is 44.2 Å². The molecule has 0 aromatic heterocycles. The molecule has 1 fully saturated rings. The summed E-state index contributed by atoms with van der Waals surface area (Å²) in [5.74, 6) is -0.292. The van der Waals surface area contributed by atoms with Gasteiger partial charge in [0.1, 0.15) is 5.82 Å². The average molecular weight is 311 g/mol. The first-order chi connectivity index (χ1) is 9.98. The van der Waals surface area contributed by atoms with Gasteiger partial charge in [0, 0.05) is 31.9 Å². The summed E-state index contributed by atoms with van der Waals surface area (Å²) in [5.41, 5.74) is 0.876. The van der Waals surface area contributed by atoms with Gasteiger partial charge in [-0.15, -0.1) is 0 Å². The molecule has 0 N–H and O–H groups in total. The molecule has 2 rings (SSSR count). The van der Waals surface area contributed by atoms with E-state index < -0.39 is 15.3 Å². The van der Waals surface area contributed by atoms with Crippen LogP contribution in [0.25, 0.3) is 0 Å². The third-order valence-corrected chi connectivity index (χ3v) is 5.91. The van der Waals surface area contributed by atoms with Crippen molar-refractivity contribution in [1.82, 2.24) is 4.31 Å². The van der Waals surface area contributed by atoms with Crippen molar-refractivity contribution in [3.63, 3.8) is 0 Å². The minimum Gasteiger partial charge on any atom is -0.369 e. The maximum Gasteiger partial charge on any atom is 0.230 e. The number of piperazine rings is 1. The first-order valence-corrected chi connectivity index (χ1v) is 8.38. The number of halogens is 1. The molecule has 0 saturated carbocycles. The predicted octanol–water partition coefficient (Wildman–Crippen LogP) is 1.58. The Hall–Kier alpha value is -1.65. The summed E-state index contributed by atoms with van der Waals surface area (Å²) in [5, 5.41) is 7.97. The number of hydrogen-bond acceptors (Lipinski definition) is 4. The van der Waals surface area contributed by atoms with E-state index in [-0.39, 0.29) is 12.2 Å². The van der Waals surface area contributed by atoms with E-state index in [4.69, 9.17) is 5.26 Å². The van der Waals surface area contributed by atoms with Crippen LogP contribution in [0.4, 0.5) is 10.1 Å². The Labute approximate surface area is 124 Å². The van der Waals surface area contributed by atoms with E-state index in [0.717, 1.165) is 5.69 Å². The maximum absolute atomic E-state index is 12.9. The monoisotopic (exact) mass is 311 g/mol. The van der Waals surface area contributed by atoms with Crippen LogP contribution in [0.3, 0.4) is 0 Å². The molecular formula is C14H18FN3O2S. The first-order valence-electron chi connectivity index (χ1n) is 6.88. The van der Waals surface area contributed by atoms with Gasteiger partial charge in [0.15, 0.2) is 5.25 Å². The zero-order valence-corrected chi connectivity index (χ0v) is 12.7. The highest BCUT2D eigenvalue weighted by Gasteiger charge is 2.33. The second-order valence-electron chi connectivity index (χ2n) is 4.93. The molecule has 0 bridgehead atoms. The zero-order valence-electron chi connectivity index (χ0n) is 11.9. The van der Waals surface area contributed by atoms with Gasteiger partial charge in [-0.1, -0.05) is 6.92 Å². The van der Waals surface area contributed by atoms with Crippen LogP contribution in [0.5, 0.6) is 0 Å². The molecule has 1 aromatic rings. The van der Waals surface area contributed by atoms with E-state index >= 15 is 0 Å². The fourth-order valence-electron chi connectivity index (χ4n) is 2.40. The molecule has 1 aliphatic rings. The minimum absolute atomic E-state index is 0.289. The standard InChI is InChI=1S/C14H18FN3O2S/c1-2-14(11-16)21(19,20)18-9-7-17(8-10-18)13-5-3-12(15)4-6-13/h3-6,14H,2,7-10H2,1H3. The Morgan fingerprint density at radius 3 is 2.29 bits per heavy atom. The predicted molar refractivity (Wildman–Crippen MR) is 78.8 cm³/mol. The third-order valence-electron chi connectivity index (χ3n) is 3.66. The molecule has 1 aliphatic heterocycles. The Bertz CT molecular complexity index is 617. The van der Waals surface area contributed by atoms with Crippen molar-refractivity contribution in [3.8, 4) is 6.07 Å². The quantitative estimate of drug-likeness (QED) is 0.847. The van der Waals surface area contributed by atoms with E-state index in [9.17, 15) is 12.8 Å². The maximum atomic E-state index is 12.9. The van der Waals surface area contributed by atoms with Crippen molar-refractivity contribution < 1.29 is 12.8 Å². The Morgan fingerprint density at radius 2 is 1.81 bits per heavy atom. The van der Waals surface area contributed by atoms with Gasteiger partial charge in [0.05, 0.1) is 6.07 Å². The summed E-state index contributed by atoms with van der Waals surface area (Å²) in [6, 6.07) is 8.00. The van der Waals surface area contributed by atoms with Crippen molar-refractivity contribution in [2.75, 3.05) is 31.1 Å². The summed E-state index contributed by atoms with van der Waals surface area (Å²) in [6.07, 6.45) is 0.289. The van der Waals surface area contributed by atoms with Gasteiger partial charge >= 0.3 is 0 Å². The van der Waals surface area contributed by atoms with Crippen LogP contribution < -0.4 is 4.90 Å². The van der Waals surface area contributed by atoms with E-state index in [1.54, 1.807) is 19.1 Å². The minimum atomic E-state index is -3.55. The number of hydrogen-bond donors (Lipinski definition) is 0. The van der Waals surface area contributed by atoms with E-state index in [2.05, 4.69) is 0 Å². The number of nitrogens with zero attached hydrogens (tertiary/aromatic N) is 3. The van der Waals surface area contributed by atoms with E-state index in [0.29, 0.717) is 26.2 Å². The number of anilines is 1. The second-order valence-corrected chi connectivity index (χ2v) is 7.05. The molecular weight excluding hydrogens is 293 g/mol. The molecule has 0 spiro atoms. The second kappa shape index (κ2) is 6.41. The average Bonchev–Trinajstić information content (AvgIpc) is 2.49. The van der Waals surface area contributed by atoms with Crippen molar-refractivity contribution in [2.45, 2.75) is 18.6 Å². The Balaban J connectivity index is 2.03. The van der Waals surface area contributed by atoms with Gasteiger partial charge in [-0.25, -0.2) is 12.8 Å². The summed E-state index contributed by atoms with van der Waals surface area (Å²) in [4.78, 5) is 2.01. The summed E-state index contributed by atoms with van der Waals surface area (Å²) >= 11 is 0. The molecule has 1 unspecified atom stereocenters. The van der Waals surface area contributed by atoms with Gasteiger partial charge in [-0.05, 0) is 30.7 Å². The highest BCUT2D eigenvalue weighted by atomic mass is 32.2. The van der Waals surface area contributed by atoms with Gasteiger partial charge in [0.25, 0.3) is 0 Å². The van der Waals surface area contributed by atoms with Crippen molar-refractivity contribution in [1.29, 1.82) is 5.26 Å². The lowest BCUT2D eigenvalue weighted by atomic mass is 10.2. The lowest BCUT2D eigenvalue weighted by molar-refractivity contribution is 0.381. The fraction of sp³-hybridized carbons (Fsp3) is 0.500. The van der Waals surface area contributed by atoms with Gasteiger partial charge in [-0.2, -0.15) is 9.57 Å². The smallest absolute Gasteiger partial charge is 0.230 e. The molecule has 1 heterocycles. The van der Waals surface area contributed by atoms with Crippen molar-refractivity contribution >= 4 is 15.7 Å². The van der Waals surface area contributed by atoms with Crippen LogP contribution in [0.15, 0.2) is 24.3 Å². The highest BCUT2D eigenvalue weighted by Crippen LogP contribution is 2.20. The highest BCUT2D eigenvalue weighted by molar-refractivity contribution is 7.90. The topological polar surface area (TPSA) is 64.4 Å². The van der Waals surface area contributed by atoms with Crippen LogP contribution >= 0.6 is 0 Å². The van der Waals surface area contributed by atoms with E-state index in [1.165, 1.54) is 16.4 Å². The van der Waals surface area contributed by atoms with Crippen LogP contribution in [0.2, 0.25) is 0 Å². The molecule has 0 aliphatic carbocycles. The zero-order chi connectivity index (χ0) is 15.5. The van der Waals surface area contributed by atoms with Crippen LogP contribution in [-0.2, 0) is 10.0 Å². The molecule has 0 amide bonds. The molecule has 5 nitrogen and oxygen atoms in total. The molecule has 1 saturated heterocycles. The molecule has 1 aromatic carbocycles. The fourth-order valence-corrected chi connectivity index (χ4v) is 3.99. The first kappa shape index (κ1) is 15.7. The number of sulfonamides is 1. The summed E-state index contributed by atoms with van der Waals surface area (Å²) in [6.45, 7) is 3.45. The normalized spacial score (nSPS) is 18.2. The van der Waals surface area contributed by atoms with Crippen molar-refractivity contribution in [2.24, 2.45) is 0 Å². The number of benzene rings is 1. The molecule has 1 atom stereocenters. The van der Waals surface area contributed by atoms with Crippen LogP contribution in [0, 0.1) is 17.1 Å². The molecule has 114 valence electrons. The Kier molecular flexibility index (Phi) is 4.80. The van der Waals surface area contributed by atoms with Crippen LogP contribution in [0.1, 0.15) is 13.3 Å². The Morgan fingerprint density at radius 1 is 1.24 bits per heavy atom. The summed E-state index contributed by atoms with van der Waals surface area (Å²) in [7, 11) is -3.55. The molecule has 0 radical (unpaired) electrons. The number of nitriles is 1. The van der Waals surface area contributed by atoms with Gasteiger partial charge in [0.2, 0.25) is 10.0 Å². The number of rotatable bonds is 4. The third kappa shape index (κ3) is 3.34. The van der Waals surface area contributed by atoms with Gasteiger partial charge < -0.3 is 4.90 Å².